The van der Waals surface area contributed by atoms with Gasteiger partial charge in [0.2, 0.25) is 0 Å². The summed E-state index contributed by atoms with van der Waals surface area (Å²) in [6, 6.07) is 0. The summed E-state index contributed by atoms with van der Waals surface area (Å²) in [5.41, 5.74) is 0. The Morgan fingerprint density at radius 3 is 1.51 bits per heavy atom. The number of unbranched alkanes of at least 4 members (excludes halogenated alkanes) is 13. The molecule has 242 valence electrons. The van der Waals surface area contributed by atoms with Gasteiger partial charge in [0.1, 0.15) is 70.2 Å². The SMILES string of the molecule is CCCCCCCCCCCCCCCC[N+]12CC[N+](CC3OC(OC(C)C)C(O)C(O)C3OC(C)C)(CC1)CC2. The third-order valence-corrected chi connectivity index (χ3v) is 10.2. The van der Waals surface area contributed by atoms with E-state index in [9.17, 15) is 10.2 Å². The fraction of sp³-hybridized carbons (Fsp3) is 1.00. The minimum absolute atomic E-state index is 0.0485. The molecule has 4 saturated heterocycles. The molecule has 0 aromatic carbocycles. The summed E-state index contributed by atoms with van der Waals surface area (Å²) in [6.07, 6.45) is 16.0. The van der Waals surface area contributed by atoms with Crippen molar-refractivity contribution in [3.63, 3.8) is 0 Å². The van der Waals surface area contributed by atoms with Gasteiger partial charge in [-0.1, -0.05) is 84.0 Å². The third kappa shape index (κ3) is 11.3. The smallest absolute Gasteiger partial charge is 0.187 e. The zero-order valence-electron chi connectivity index (χ0n) is 27.6. The minimum Gasteiger partial charge on any atom is -0.387 e. The van der Waals surface area contributed by atoms with E-state index in [2.05, 4.69) is 6.92 Å². The van der Waals surface area contributed by atoms with Crippen molar-refractivity contribution in [1.82, 2.24) is 0 Å². The van der Waals surface area contributed by atoms with E-state index in [0.717, 1.165) is 11.0 Å². The number of ether oxygens (including phenoxy) is 3. The van der Waals surface area contributed by atoms with Crippen LogP contribution in [0.3, 0.4) is 0 Å². The Morgan fingerprint density at radius 2 is 1.05 bits per heavy atom. The van der Waals surface area contributed by atoms with Crippen LogP contribution in [-0.4, -0.2) is 114 Å². The zero-order valence-corrected chi connectivity index (χ0v) is 27.6. The molecule has 4 aliphatic heterocycles. The first-order valence-corrected chi connectivity index (χ1v) is 17.7. The average molecular weight is 585 g/mol. The highest BCUT2D eigenvalue weighted by Gasteiger charge is 2.54. The van der Waals surface area contributed by atoms with Crippen LogP contribution in [0.2, 0.25) is 0 Å². The largest absolute Gasteiger partial charge is 0.387 e. The second-order valence-corrected chi connectivity index (χ2v) is 14.4. The Labute approximate surface area is 253 Å². The van der Waals surface area contributed by atoms with Gasteiger partial charge in [0.25, 0.3) is 0 Å². The van der Waals surface area contributed by atoms with Crippen molar-refractivity contribution in [2.45, 2.75) is 167 Å². The molecule has 0 aliphatic carbocycles. The van der Waals surface area contributed by atoms with E-state index in [-0.39, 0.29) is 18.3 Å². The van der Waals surface area contributed by atoms with Crippen molar-refractivity contribution in [3.05, 3.63) is 0 Å². The summed E-state index contributed by atoms with van der Waals surface area (Å²) < 4.78 is 20.7. The van der Waals surface area contributed by atoms with Gasteiger partial charge in [-0.05, 0) is 40.5 Å². The number of fused-ring (bicyclic) bond motifs is 3. The molecule has 2 N–H and O–H groups in total. The van der Waals surface area contributed by atoms with Gasteiger partial charge in [0, 0.05) is 0 Å². The number of aliphatic hydroxyl groups is 2. The van der Waals surface area contributed by atoms with Crippen LogP contribution in [0.1, 0.15) is 125 Å². The summed E-state index contributed by atoms with van der Waals surface area (Å²) in [4.78, 5) is 0. The maximum atomic E-state index is 11.0. The van der Waals surface area contributed by atoms with Crippen molar-refractivity contribution in [2.75, 3.05) is 52.4 Å². The monoisotopic (exact) mass is 585 g/mol. The molecule has 0 radical (unpaired) electrons. The maximum absolute atomic E-state index is 11.0. The molecule has 4 heterocycles. The molecule has 0 aromatic heterocycles. The van der Waals surface area contributed by atoms with Gasteiger partial charge in [0.05, 0.1) is 18.8 Å². The number of rotatable bonds is 21. The fourth-order valence-electron chi connectivity index (χ4n) is 7.49. The van der Waals surface area contributed by atoms with Gasteiger partial charge >= 0.3 is 0 Å². The third-order valence-electron chi connectivity index (χ3n) is 10.2. The molecule has 7 heteroatoms. The van der Waals surface area contributed by atoms with E-state index in [1.54, 1.807) is 0 Å². The summed E-state index contributed by atoms with van der Waals surface area (Å²) in [5.74, 6) is 0. The molecular formula is C34H68N2O5+2. The highest BCUT2D eigenvalue weighted by Crippen LogP contribution is 2.33. The van der Waals surface area contributed by atoms with Crippen LogP contribution in [0, 0.1) is 0 Å². The van der Waals surface area contributed by atoms with Crippen LogP contribution in [0.15, 0.2) is 0 Å². The Kier molecular flexibility index (Phi) is 15.3. The maximum Gasteiger partial charge on any atom is 0.187 e. The summed E-state index contributed by atoms with van der Waals surface area (Å²) in [7, 11) is 0. The zero-order chi connectivity index (χ0) is 29.7. The lowest BCUT2D eigenvalue weighted by Gasteiger charge is -2.57. The Morgan fingerprint density at radius 1 is 0.610 bits per heavy atom. The second-order valence-electron chi connectivity index (χ2n) is 14.4. The molecule has 41 heavy (non-hydrogen) atoms. The standard InChI is InChI=1S/C34H68N2O5/c1-6-7-8-9-10-11-12-13-14-15-16-17-18-19-20-35-21-24-36(25-22-35,26-23-35)27-30-33(39-28(2)3)31(37)32(38)34(41-30)40-29(4)5/h28-34,37-38H,6-27H2,1-5H3/q+2. The molecule has 5 unspecified atom stereocenters. The molecule has 4 rings (SSSR count). The van der Waals surface area contributed by atoms with Crippen molar-refractivity contribution >= 4 is 0 Å². The van der Waals surface area contributed by atoms with E-state index in [1.807, 2.05) is 27.7 Å². The lowest BCUT2D eigenvalue weighted by atomic mass is 9.95. The van der Waals surface area contributed by atoms with E-state index in [4.69, 9.17) is 14.2 Å². The van der Waals surface area contributed by atoms with E-state index in [1.165, 1.54) is 140 Å². The Bertz CT molecular complexity index is 680. The molecule has 0 spiro atoms. The van der Waals surface area contributed by atoms with E-state index >= 15 is 0 Å². The Balaban J connectivity index is 1.34. The molecule has 2 bridgehead atoms. The highest BCUT2D eigenvalue weighted by atomic mass is 16.7. The summed E-state index contributed by atoms with van der Waals surface area (Å²) in [6.45, 7) is 19.5. The predicted molar refractivity (Wildman–Crippen MR) is 167 cm³/mol. The molecule has 7 nitrogen and oxygen atoms in total. The first-order valence-electron chi connectivity index (χ1n) is 17.7. The topological polar surface area (TPSA) is 68.2 Å². The van der Waals surface area contributed by atoms with Crippen molar-refractivity contribution < 1.29 is 33.4 Å². The molecule has 4 fully saturated rings. The van der Waals surface area contributed by atoms with Crippen LogP contribution < -0.4 is 0 Å². The lowest BCUT2D eigenvalue weighted by molar-refractivity contribution is -1.08. The lowest BCUT2D eigenvalue weighted by Crippen LogP contribution is -2.77. The Hall–Kier alpha value is -0.280. The number of nitrogens with zero attached hydrogens (tertiary/aromatic N) is 2. The molecule has 0 saturated carbocycles. The van der Waals surface area contributed by atoms with Gasteiger partial charge < -0.3 is 33.4 Å². The van der Waals surface area contributed by atoms with Crippen LogP contribution in [-0.2, 0) is 14.2 Å². The van der Waals surface area contributed by atoms with Crippen LogP contribution >= 0.6 is 0 Å². The number of hydrogen-bond acceptors (Lipinski definition) is 5. The summed E-state index contributed by atoms with van der Waals surface area (Å²) in [5, 5.41) is 21.7. The quantitative estimate of drug-likeness (QED) is 0.132. The van der Waals surface area contributed by atoms with E-state index < -0.39 is 24.6 Å². The first-order chi connectivity index (χ1) is 19.7. The summed E-state index contributed by atoms with van der Waals surface area (Å²) >= 11 is 0. The predicted octanol–water partition coefficient (Wildman–Crippen LogP) is 5.79. The van der Waals surface area contributed by atoms with Crippen LogP contribution in [0.4, 0.5) is 0 Å². The van der Waals surface area contributed by atoms with Crippen LogP contribution in [0.5, 0.6) is 0 Å². The molecule has 5 atom stereocenters. The van der Waals surface area contributed by atoms with Crippen LogP contribution in [0.25, 0.3) is 0 Å². The number of hydrogen-bond donors (Lipinski definition) is 2. The van der Waals surface area contributed by atoms with Crippen molar-refractivity contribution in [1.29, 1.82) is 0 Å². The second kappa shape index (κ2) is 17.9. The van der Waals surface area contributed by atoms with Gasteiger partial charge in [-0.15, -0.1) is 0 Å². The number of quaternary nitrogens is 2. The highest BCUT2D eigenvalue weighted by molar-refractivity contribution is 4.91. The molecule has 4 aliphatic rings. The molecule has 0 amide bonds. The first kappa shape index (κ1) is 35.2. The molecule has 0 aromatic rings. The average Bonchev–Trinajstić information content (AvgIpc) is 2.94. The van der Waals surface area contributed by atoms with Gasteiger partial charge in [0.15, 0.2) is 6.29 Å². The fourth-order valence-corrected chi connectivity index (χ4v) is 7.49. The number of aliphatic hydroxyl groups excluding tert-OH is 2. The van der Waals surface area contributed by atoms with Crippen molar-refractivity contribution in [2.24, 2.45) is 0 Å². The van der Waals surface area contributed by atoms with Crippen molar-refractivity contribution in [3.8, 4) is 0 Å². The van der Waals surface area contributed by atoms with Gasteiger partial charge in [-0.25, -0.2) is 0 Å². The normalized spacial score (nSPS) is 33.7. The van der Waals surface area contributed by atoms with Gasteiger partial charge in [-0.3, -0.25) is 0 Å². The van der Waals surface area contributed by atoms with E-state index in [0.29, 0.717) is 0 Å². The van der Waals surface area contributed by atoms with Gasteiger partial charge in [-0.2, -0.15) is 0 Å². The molecular weight excluding hydrogens is 516 g/mol. The number of piperazine rings is 3. The minimum atomic E-state index is -1.10.